The molecule has 150 valence electrons. The first-order valence-electron chi connectivity index (χ1n) is 10.1. The van der Waals surface area contributed by atoms with Gasteiger partial charge in [0.25, 0.3) is 0 Å². The van der Waals surface area contributed by atoms with E-state index in [0.29, 0.717) is 13.2 Å². The Hall–Kier alpha value is -2.26. The van der Waals surface area contributed by atoms with Gasteiger partial charge in [0.1, 0.15) is 36.7 Å². The molecule has 9 heteroatoms. The van der Waals surface area contributed by atoms with E-state index in [0.717, 1.165) is 49.2 Å². The van der Waals surface area contributed by atoms with Gasteiger partial charge in [-0.1, -0.05) is 0 Å². The van der Waals surface area contributed by atoms with E-state index in [-0.39, 0.29) is 18.2 Å². The predicted octanol–water partition coefficient (Wildman–Crippen LogP) is 1.13. The molecule has 3 aliphatic heterocycles. The summed E-state index contributed by atoms with van der Waals surface area (Å²) < 4.78 is 14.2. The summed E-state index contributed by atoms with van der Waals surface area (Å²) >= 11 is 0. The first kappa shape index (κ1) is 17.8. The van der Waals surface area contributed by atoms with Crippen LogP contribution in [0, 0.1) is 13.8 Å². The fourth-order valence-electron chi connectivity index (χ4n) is 4.28. The summed E-state index contributed by atoms with van der Waals surface area (Å²) in [6.45, 7) is 9.00. The maximum Gasteiger partial charge on any atom is 0.227 e. The number of anilines is 2. The van der Waals surface area contributed by atoms with Gasteiger partial charge in [-0.25, -0.2) is 14.6 Å². The molecule has 0 spiro atoms. The van der Waals surface area contributed by atoms with E-state index in [1.807, 2.05) is 4.68 Å². The summed E-state index contributed by atoms with van der Waals surface area (Å²) in [5.41, 5.74) is 2.19. The van der Waals surface area contributed by atoms with Crippen molar-refractivity contribution in [3.63, 3.8) is 0 Å². The molecular weight excluding hydrogens is 358 g/mol. The van der Waals surface area contributed by atoms with Gasteiger partial charge in [0.2, 0.25) is 5.95 Å². The van der Waals surface area contributed by atoms with E-state index in [1.54, 1.807) is 12.7 Å². The van der Waals surface area contributed by atoms with Crippen LogP contribution in [0.1, 0.15) is 30.1 Å². The molecule has 0 radical (unpaired) electrons. The van der Waals surface area contributed by atoms with Gasteiger partial charge in [-0.15, -0.1) is 0 Å². The maximum atomic E-state index is 6.21. The van der Waals surface area contributed by atoms with E-state index in [2.05, 4.69) is 33.7 Å². The van der Waals surface area contributed by atoms with Gasteiger partial charge in [0.15, 0.2) is 0 Å². The van der Waals surface area contributed by atoms with Crippen LogP contribution in [0.25, 0.3) is 0 Å². The van der Waals surface area contributed by atoms with Crippen LogP contribution in [-0.4, -0.2) is 76.3 Å². The number of rotatable bonds is 3. The highest BCUT2D eigenvalue weighted by Crippen LogP contribution is 2.31. The standard InChI is InChI=1S/C19H27N7O2/c1-13-14(2)22-19(24-5-3-4-6-24)23-18(13)25-7-16-17(8-25)28-10-15(9-27-16)26-12-20-11-21-26/h11-12,15-17H,3-10H2,1-2H3/t16-,17-/m0/s1. The average Bonchev–Trinajstić information content (AvgIpc) is 3.45. The largest absolute Gasteiger partial charge is 0.371 e. The van der Waals surface area contributed by atoms with E-state index < -0.39 is 0 Å². The minimum absolute atomic E-state index is 0.0402. The van der Waals surface area contributed by atoms with E-state index >= 15 is 0 Å². The number of ether oxygens (including phenoxy) is 2. The van der Waals surface area contributed by atoms with Crippen molar-refractivity contribution in [3.05, 3.63) is 23.9 Å². The van der Waals surface area contributed by atoms with Crippen LogP contribution in [0.4, 0.5) is 11.8 Å². The minimum Gasteiger partial charge on any atom is -0.371 e. The van der Waals surface area contributed by atoms with Crippen molar-refractivity contribution in [1.82, 2.24) is 24.7 Å². The normalized spacial score (nSPS) is 25.9. The van der Waals surface area contributed by atoms with Crippen molar-refractivity contribution in [1.29, 1.82) is 0 Å². The van der Waals surface area contributed by atoms with Gasteiger partial charge in [-0.05, 0) is 26.7 Å². The number of aromatic nitrogens is 5. The molecular formula is C19H27N7O2. The van der Waals surface area contributed by atoms with E-state index in [1.165, 1.54) is 12.8 Å². The summed E-state index contributed by atoms with van der Waals surface area (Å²) in [6.07, 6.45) is 5.78. The van der Waals surface area contributed by atoms with E-state index in [9.17, 15) is 0 Å². The topological polar surface area (TPSA) is 81.4 Å². The molecule has 3 fully saturated rings. The molecule has 5 heterocycles. The molecule has 9 nitrogen and oxygen atoms in total. The third kappa shape index (κ3) is 3.22. The summed E-state index contributed by atoms with van der Waals surface area (Å²) in [5.74, 6) is 1.87. The fourth-order valence-corrected chi connectivity index (χ4v) is 4.28. The number of fused-ring (bicyclic) bond motifs is 1. The summed E-state index contributed by atoms with van der Waals surface area (Å²) in [7, 11) is 0. The van der Waals surface area contributed by atoms with Crippen molar-refractivity contribution in [3.8, 4) is 0 Å². The van der Waals surface area contributed by atoms with Crippen LogP contribution in [0.2, 0.25) is 0 Å². The Morgan fingerprint density at radius 3 is 2.32 bits per heavy atom. The third-order valence-corrected chi connectivity index (χ3v) is 6.07. The first-order valence-corrected chi connectivity index (χ1v) is 10.1. The highest BCUT2D eigenvalue weighted by atomic mass is 16.6. The van der Waals surface area contributed by atoms with Gasteiger partial charge in [0.05, 0.1) is 13.2 Å². The lowest BCUT2D eigenvalue weighted by atomic mass is 10.2. The van der Waals surface area contributed by atoms with Crippen molar-refractivity contribution in [2.24, 2.45) is 0 Å². The Morgan fingerprint density at radius 2 is 1.68 bits per heavy atom. The molecule has 0 amide bonds. The molecule has 2 aromatic rings. The summed E-state index contributed by atoms with van der Waals surface area (Å²) in [5, 5.41) is 4.22. The van der Waals surface area contributed by atoms with Crippen LogP contribution in [0.15, 0.2) is 12.7 Å². The Balaban J connectivity index is 1.33. The molecule has 0 aromatic carbocycles. The lowest BCUT2D eigenvalue weighted by molar-refractivity contribution is -0.00461. The highest BCUT2D eigenvalue weighted by Gasteiger charge is 2.39. The molecule has 0 bridgehead atoms. The highest BCUT2D eigenvalue weighted by molar-refractivity contribution is 5.54. The molecule has 0 unspecified atom stereocenters. The smallest absolute Gasteiger partial charge is 0.227 e. The summed E-state index contributed by atoms with van der Waals surface area (Å²) in [4.78, 5) is 18.3. The Bertz CT molecular complexity index is 806. The van der Waals surface area contributed by atoms with Gasteiger partial charge >= 0.3 is 0 Å². The van der Waals surface area contributed by atoms with Crippen molar-refractivity contribution in [2.45, 2.75) is 44.9 Å². The maximum absolute atomic E-state index is 6.21. The second kappa shape index (κ2) is 7.29. The van der Waals surface area contributed by atoms with E-state index in [4.69, 9.17) is 19.4 Å². The molecule has 0 saturated carbocycles. The second-order valence-corrected chi connectivity index (χ2v) is 7.93. The monoisotopic (exact) mass is 385 g/mol. The molecule has 3 aliphatic rings. The zero-order valence-corrected chi connectivity index (χ0v) is 16.5. The zero-order chi connectivity index (χ0) is 19.1. The van der Waals surface area contributed by atoms with Crippen molar-refractivity contribution >= 4 is 11.8 Å². The molecule has 5 rings (SSSR count). The fraction of sp³-hybridized carbons (Fsp3) is 0.684. The number of nitrogens with zero attached hydrogens (tertiary/aromatic N) is 7. The minimum atomic E-state index is 0.0402. The van der Waals surface area contributed by atoms with Gasteiger partial charge in [-0.2, -0.15) is 10.1 Å². The van der Waals surface area contributed by atoms with Gasteiger partial charge in [0, 0.05) is 37.4 Å². The molecule has 0 aliphatic carbocycles. The van der Waals surface area contributed by atoms with Gasteiger partial charge in [-0.3, -0.25) is 0 Å². The molecule has 3 saturated heterocycles. The number of hydrogen-bond donors (Lipinski definition) is 0. The van der Waals surface area contributed by atoms with Gasteiger partial charge < -0.3 is 19.3 Å². The van der Waals surface area contributed by atoms with Crippen LogP contribution < -0.4 is 9.80 Å². The number of hydrogen-bond acceptors (Lipinski definition) is 8. The molecule has 28 heavy (non-hydrogen) atoms. The van der Waals surface area contributed by atoms with Crippen molar-refractivity contribution < 1.29 is 9.47 Å². The molecule has 2 aromatic heterocycles. The number of aryl methyl sites for hydroxylation is 1. The SMILES string of the molecule is Cc1nc(N2CCCC2)nc(N2C[C@@H]3OCC(n4cncn4)CO[C@H]3C2)c1C. The second-order valence-electron chi connectivity index (χ2n) is 7.93. The first-order chi connectivity index (χ1) is 13.7. The third-order valence-electron chi connectivity index (χ3n) is 6.07. The summed E-state index contributed by atoms with van der Waals surface area (Å²) in [6, 6.07) is 0.0753. The molecule has 0 N–H and O–H groups in total. The van der Waals surface area contributed by atoms with Crippen LogP contribution in [0.5, 0.6) is 0 Å². The molecule has 2 atom stereocenters. The zero-order valence-electron chi connectivity index (χ0n) is 16.5. The van der Waals surface area contributed by atoms with Crippen LogP contribution in [0.3, 0.4) is 0 Å². The van der Waals surface area contributed by atoms with Crippen molar-refractivity contribution in [2.75, 3.05) is 49.2 Å². The Morgan fingerprint density at radius 1 is 0.964 bits per heavy atom. The lowest BCUT2D eigenvalue weighted by Crippen LogP contribution is -2.28. The Kier molecular flexibility index (Phi) is 4.64. The predicted molar refractivity (Wildman–Crippen MR) is 104 cm³/mol. The quantitative estimate of drug-likeness (QED) is 0.778. The van der Waals surface area contributed by atoms with Crippen LogP contribution >= 0.6 is 0 Å². The average molecular weight is 385 g/mol. The Labute approximate surface area is 164 Å². The lowest BCUT2D eigenvalue weighted by Gasteiger charge is -2.24. The van der Waals surface area contributed by atoms with Crippen LogP contribution in [-0.2, 0) is 9.47 Å².